The van der Waals surface area contributed by atoms with Crippen molar-refractivity contribution in [2.75, 3.05) is 5.73 Å². The molecule has 1 aromatic carbocycles. The summed E-state index contributed by atoms with van der Waals surface area (Å²) in [6.45, 7) is 3.59. The minimum absolute atomic E-state index is 0.145. The zero-order valence-electron chi connectivity index (χ0n) is 15.6. The van der Waals surface area contributed by atoms with Gasteiger partial charge < -0.3 is 16.7 Å². The number of rotatable bonds is 5. The quantitative estimate of drug-likeness (QED) is 0.356. The molecule has 0 amide bonds. The number of fused-ring (bicyclic) bond motifs is 1. The van der Waals surface area contributed by atoms with Crippen LogP contribution in [0, 0.1) is 5.82 Å². The third-order valence-electron chi connectivity index (χ3n) is 4.13. The molecule has 0 bridgehead atoms. The number of hydrazone groups is 1. The van der Waals surface area contributed by atoms with Crippen LogP contribution in [0.5, 0.6) is 0 Å². The molecule has 0 aliphatic carbocycles. The van der Waals surface area contributed by atoms with Crippen molar-refractivity contribution in [1.82, 2.24) is 9.97 Å². The van der Waals surface area contributed by atoms with Crippen LogP contribution in [-0.2, 0) is 12.1 Å². The molecule has 2 heterocycles. The number of pyridine rings is 2. The summed E-state index contributed by atoms with van der Waals surface area (Å²) in [4.78, 5) is 12.8. The maximum Gasteiger partial charge on any atom is 0.149 e. The zero-order chi connectivity index (χ0) is 20.3. The Kier molecular flexibility index (Phi) is 5.32. The van der Waals surface area contributed by atoms with E-state index in [0.717, 1.165) is 0 Å². The summed E-state index contributed by atoms with van der Waals surface area (Å²) in [5, 5.41) is 14.4. The van der Waals surface area contributed by atoms with Crippen LogP contribution in [-0.4, -0.2) is 27.0 Å². The molecule has 0 radical (unpaired) electrons. The van der Waals surface area contributed by atoms with Crippen LogP contribution >= 0.6 is 0 Å². The highest BCUT2D eigenvalue weighted by Crippen LogP contribution is 2.22. The van der Waals surface area contributed by atoms with Gasteiger partial charge in [-0.1, -0.05) is 18.2 Å². The number of aromatic nitrogens is 2. The van der Waals surface area contributed by atoms with Gasteiger partial charge in [-0.25, -0.2) is 9.37 Å². The van der Waals surface area contributed by atoms with E-state index in [1.54, 1.807) is 44.2 Å². The summed E-state index contributed by atoms with van der Waals surface area (Å²) in [5.41, 5.74) is 7.02. The van der Waals surface area contributed by atoms with E-state index in [1.807, 2.05) is 6.07 Å². The predicted octanol–water partition coefficient (Wildman–Crippen LogP) is 2.51. The molecule has 0 atom stereocenters. The molecule has 144 valence electrons. The zero-order valence-corrected chi connectivity index (χ0v) is 15.6. The van der Waals surface area contributed by atoms with E-state index < -0.39 is 11.4 Å². The summed E-state index contributed by atoms with van der Waals surface area (Å²) in [5.74, 6) is 5.21. The van der Waals surface area contributed by atoms with Gasteiger partial charge in [0.05, 0.1) is 17.9 Å². The molecule has 0 unspecified atom stereocenters. The van der Waals surface area contributed by atoms with Crippen molar-refractivity contribution in [3.8, 4) is 0 Å². The van der Waals surface area contributed by atoms with Crippen molar-refractivity contribution >= 4 is 28.6 Å². The molecule has 7 nitrogen and oxygen atoms in total. The van der Waals surface area contributed by atoms with E-state index in [2.05, 4.69) is 20.1 Å². The molecular formula is C20H21FN6O. The SMILES string of the molecule is CC(C)(O)c1cccc(CN=CC(=NN)c2cc(N)nc3c(F)cccc23)n1. The number of para-hydroxylation sites is 1. The second-order valence-electron chi connectivity index (χ2n) is 6.79. The Balaban J connectivity index is 1.90. The molecule has 8 heteroatoms. The van der Waals surface area contributed by atoms with Crippen LogP contribution in [0.15, 0.2) is 52.6 Å². The molecule has 0 saturated heterocycles. The first kappa shape index (κ1) is 19.4. The van der Waals surface area contributed by atoms with E-state index in [1.165, 1.54) is 12.3 Å². The molecule has 5 N–H and O–H groups in total. The first-order valence-electron chi connectivity index (χ1n) is 8.61. The molecule has 3 aromatic rings. The first-order valence-corrected chi connectivity index (χ1v) is 8.61. The van der Waals surface area contributed by atoms with Crippen LogP contribution < -0.4 is 11.6 Å². The number of anilines is 1. The summed E-state index contributed by atoms with van der Waals surface area (Å²) in [6.07, 6.45) is 1.48. The van der Waals surface area contributed by atoms with Gasteiger partial charge in [0.2, 0.25) is 0 Å². The fourth-order valence-electron chi connectivity index (χ4n) is 2.75. The molecule has 0 aliphatic heterocycles. The molecule has 28 heavy (non-hydrogen) atoms. The Morgan fingerprint density at radius 1 is 1.21 bits per heavy atom. The van der Waals surface area contributed by atoms with E-state index in [0.29, 0.717) is 28.0 Å². The van der Waals surface area contributed by atoms with Crippen molar-refractivity contribution in [2.45, 2.75) is 26.0 Å². The van der Waals surface area contributed by atoms with Crippen LogP contribution in [0.25, 0.3) is 10.9 Å². The largest absolute Gasteiger partial charge is 0.384 e. The van der Waals surface area contributed by atoms with E-state index in [9.17, 15) is 9.50 Å². The second kappa shape index (κ2) is 7.69. The molecule has 3 rings (SSSR count). The monoisotopic (exact) mass is 380 g/mol. The average Bonchev–Trinajstić information content (AvgIpc) is 2.65. The lowest BCUT2D eigenvalue weighted by Gasteiger charge is -2.16. The smallest absolute Gasteiger partial charge is 0.149 e. The second-order valence-corrected chi connectivity index (χ2v) is 6.79. The summed E-state index contributed by atoms with van der Waals surface area (Å²) in [7, 11) is 0. The molecule has 0 spiro atoms. The average molecular weight is 380 g/mol. The lowest BCUT2D eigenvalue weighted by atomic mass is 10.0. The highest BCUT2D eigenvalue weighted by Gasteiger charge is 2.17. The number of halogens is 1. The topological polar surface area (TPSA) is 123 Å². The van der Waals surface area contributed by atoms with Crippen LogP contribution in [0.3, 0.4) is 0 Å². The Bertz CT molecular complexity index is 1070. The molecule has 2 aromatic heterocycles. The molecular weight excluding hydrogens is 359 g/mol. The predicted molar refractivity (Wildman–Crippen MR) is 109 cm³/mol. The first-order chi connectivity index (χ1) is 13.3. The van der Waals surface area contributed by atoms with Crippen LogP contribution in [0.2, 0.25) is 0 Å². The molecule has 0 fully saturated rings. The number of nitrogens with two attached hydrogens (primary N) is 2. The highest BCUT2D eigenvalue weighted by atomic mass is 19.1. The lowest BCUT2D eigenvalue weighted by molar-refractivity contribution is 0.0736. The Labute approximate surface area is 161 Å². The fraction of sp³-hybridized carbons (Fsp3) is 0.200. The van der Waals surface area contributed by atoms with Gasteiger partial charge in [-0.3, -0.25) is 9.98 Å². The van der Waals surface area contributed by atoms with Gasteiger partial charge in [0.15, 0.2) is 0 Å². The number of hydrogen-bond acceptors (Lipinski definition) is 7. The van der Waals surface area contributed by atoms with E-state index in [4.69, 9.17) is 11.6 Å². The van der Waals surface area contributed by atoms with Crippen LogP contribution in [0.1, 0.15) is 30.8 Å². The maximum absolute atomic E-state index is 14.1. The summed E-state index contributed by atoms with van der Waals surface area (Å²) in [6, 6.07) is 11.5. The summed E-state index contributed by atoms with van der Waals surface area (Å²) < 4.78 is 14.1. The third kappa shape index (κ3) is 4.12. The van der Waals surface area contributed by atoms with Crippen molar-refractivity contribution < 1.29 is 9.50 Å². The van der Waals surface area contributed by atoms with Crippen LogP contribution in [0.4, 0.5) is 10.2 Å². The Morgan fingerprint density at radius 3 is 2.68 bits per heavy atom. The van der Waals surface area contributed by atoms with Gasteiger partial charge in [0, 0.05) is 17.2 Å². The van der Waals surface area contributed by atoms with E-state index >= 15 is 0 Å². The van der Waals surface area contributed by atoms with Crippen molar-refractivity contribution in [1.29, 1.82) is 0 Å². The fourth-order valence-corrected chi connectivity index (χ4v) is 2.75. The lowest BCUT2D eigenvalue weighted by Crippen LogP contribution is -2.18. The molecule has 0 saturated carbocycles. The van der Waals surface area contributed by atoms with Crippen molar-refractivity contribution in [3.63, 3.8) is 0 Å². The number of nitrogens with zero attached hydrogens (tertiary/aromatic N) is 4. The van der Waals surface area contributed by atoms with Gasteiger partial charge in [-0.05, 0) is 38.1 Å². The number of hydrogen-bond donors (Lipinski definition) is 3. The Morgan fingerprint density at radius 2 is 1.96 bits per heavy atom. The van der Waals surface area contributed by atoms with Crippen molar-refractivity contribution in [3.05, 3.63) is 65.2 Å². The minimum Gasteiger partial charge on any atom is -0.384 e. The maximum atomic E-state index is 14.1. The number of aliphatic imine (C=N–C) groups is 1. The number of nitrogen functional groups attached to an aromatic ring is 1. The third-order valence-corrected chi connectivity index (χ3v) is 4.13. The van der Waals surface area contributed by atoms with Gasteiger partial charge in [-0.15, -0.1) is 0 Å². The van der Waals surface area contributed by atoms with Gasteiger partial charge in [-0.2, -0.15) is 5.10 Å². The van der Waals surface area contributed by atoms with E-state index in [-0.39, 0.29) is 17.9 Å². The van der Waals surface area contributed by atoms with Gasteiger partial charge in [0.1, 0.15) is 28.5 Å². The van der Waals surface area contributed by atoms with Gasteiger partial charge in [0.25, 0.3) is 0 Å². The normalized spacial score (nSPS) is 12.8. The Hall–Kier alpha value is -3.39. The number of benzene rings is 1. The van der Waals surface area contributed by atoms with Crippen molar-refractivity contribution in [2.24, 2.45) is 15.9 Å². The standard InChI is InChI=1S/C20H21FN6O/c1-20(2,28)17-8-3-5-12(25-17)10-24-11-16(27-23)14-9-18(22)26-19-13(14)6-4-7-15(19)21/h3-9,11,28H,10,23H2,1-2H3,(H2,22,26). The molecule has 0 aliphatic rings. The van der Waals surface area contributed by atoms with Gasteiger partial charge >= 0.3 is 0 Å². The summed E-state index contributed by atoms with van der Waals surface area (Å²) >= 11 is 0. The highest BCUT2D eigenvalue weighted by molar-refractivity contribution is 6.40. The minimum atomic E-state index is -1.04. The number of aliphatic hydroxyl groups is 1.